The van der Waals surface area contributed by atoms with Gasteiger partial charge in [0.1, 0.15) is 24.2 Å². The van der Waals surface area contributed by atoms with Gasteiger partial charge in [-0.25, -0.2) is 9.48 Å². The fourth-order valence-electron chi connectivity index (χ4n) is 7.58. The summed E-state index contributed by atoms with van der Waals surface area (Å²) in [5.41, 5.74) is 3.47. The molecule has 1 saturated heterocycles. The van der Waals surface area contributed by atoms with Crippen molar-refractivity contribution < 1.29 is 23.9 Å². The molecule has 1 aliphatic heterocycles. The Hall–Kier alpha value is -5.70. The molecule has 7 rings (SSSR count). The summed E-state index contributed by atoms with van der Waals surface area (Å²) in [5, 5.41) is 17.9. The number of aromatic nitrogens is 6. The molecule has 1 N–H and O–H groups in total. The monoisotopic (exact) mass is 764 g/mol. The van der Waals surface area contributed by atoms with Gasteiger partial charge in [-0.3, -0.25) is 14.2 Å². The van der Waals surface area contributed by atoms with E-state index >= 15 is 0 Å². The first-order valence-corrected chi connectivity index (χ1v) is 19.3. The summed E-state index contributed by atoms with van der Waals surface area (Å²) >= 11 is 0. The van der Waals surface area contributed by atoms with Gasteiger partial charge in [-0.1, -0.05) is 45.0 Å². The van der Waals surface area contributed by atoms with Crippen LogP contribution in [0, 0.1) is 0 Å². The van der Waals surface area contributed by atoms with E-state index in [9.17, 15) is 9.59 Å². The number of carbonyl (C=O) groups is 2. The molecule has 2 amide bonds. The molecule has 5 aromatic rings. The van der Waals surface area contributed by atoms with Crippen molar-refractivity contribution in [3.8, 4) is 17.2 Å². The van der Waals surface area contributed by atoms with Crippen LogP contribution in [0.15, 0.2) is 67.1 Å². The third kappa shape index (κ3) is 8.13. The van der Waals surface area contributed by atoms with E-state index in [-0.39, 0.29) is 24.4 Å². The number of nitrogens with zero attached hydrogens (tertiary/aromatic N) is 9. The summed E-state index contributed by atoms with van der Waals surface area (Å²) in [4.78, 5) is 40.3. The Balaban J connectivity index is 1.13. The number of hydroxylamine groups is 1. The number of rotatable bonds is 12. The molecule has 0 radical (unpaired) electrons. The number of hydrogen-bond acceptors (Lipinski definition) is 11. The lowest BCUT2D eigenvalue weighted by Crippen LogP contribution is -2.44. The first-order chi connectivity index (χ1) is 26.9. The second kappa shape index (κ2) is 16.2. The second-order valence-corrected chi connectivity index (χ2v) is 16.0. The molecule has 15 nitrogen and oxygen atoms in total. The molecule has 15 heteroatoms. The van der Waals surface area contributed by atoms with Gasteiger partial charge in [0.05, 0.1) is 36.0 Å². The van der Waals surface area contributed by atoms with E-state index in [1.807, 2.05) is 86.8 Å². The fraction of sp³-hybridized carbons (Fsp3) is 0.463. The number of urea groups is 1. The molecule has 2 aliphatic rings. The molecule has 296 valence electrons. The Morgan fingerprint density at radius 1 is 0.964 bits per heavy atom. The molecule has 5 heterocycles. The van der Waals surface area contributed by atoms with Crippen molar-refractivity contribution in [3.05, 3.63) is 83.9 Å². The van der Waals surface area contributed by atoms with E-state index in [4.69, 9.17) is 19.4 Å². The number of piperidine rings is 1. The Kier molecular flexibility index (Phi) is 11.1. The fourth-order valence-corrected chi connectivity index (χ4v) is 7.58. The highest BCUT2D eigenvalue weighted by atomic mass is 16.7. The topological polar surface area (TPSA) is 144 Å². The summed E-state index contributed by atoms with van der Waals surface area (Å²) in [6.07, 6.45) is 9.59. The van der Waals surface area contributed by atoms with Gasteiger partial charge in [0.2, 0.25) is 5.95 Å². The number of pyridine rings is 2. The minimum absolute atomic E-state index is 0.231. The average Bonchev–Trinajstić information content (AvgIpc) is 3.80. The number of amides is 2. The van der Waals surface area contributed by atoms with Crippen molar-refractivity contribution in [1.29, 1.82) is 0 Å². The van der Waals surface area contributed by atoms with Gasteiger partial charge in [-0.2, -0.15) is 5.10 Å². The number of anilines is 2. The summed E-state index contributed by atoms with van der Waals surface area (Å²) in [6, 6.07) is 15.0. The largest absolute Gasteiger partial charge is 0.491 e. The van der Waals surface area contributed by atoms with Crippen molar-refractivity contribution in [2.24, 2.45) is 0 Å². The molecule has 4 aromatic heterocycles. The van der Waals surface area contributed by atoms with Gasteiger partial charge in [0.15, 0.2) is 11.5 Å². The predicted octanol–water partition coefficient (Wildman–Crippen LogP) is 6.57. The number of hydrogen-bond donors (Lipinski definition) is 1. The van der Waals surface area contributed by atoms with Crippen LogP contribution in [-0.4, -0.2) is 86.1 Å². The van der Waals surface area contributed by atoms with E-state index in [1.54, 1.807) is 29.2 Å². The van der Waals surface area contributed by atoms with Crippen molar-refractivity contribution >= 4 is 29.9 Å². The average molecular weight is 765 g/mol. The molecule has 0 spiro atoms. The number of fused-ring (bicyclic) bond motifs is 2. The zero-order valence-corrected chi connectivity index (χ0v) is 33.3. The molecule has 0 bridgehead atoms. The van der Waals surface area contributed by atoms with Gasteiger partial charge >= 0.3 is 12.5 Å². The highest BCUT2D eigenvalue weighted by Crippen LogP contribution is 2.40. The van der Waals surface area contributed by atoms with Crippen LogP contribution in [0.5, 0.6) is 11.5 Å². The van der Waals surface area contributed by atoms with Gasteiger partial charge in [-0.15, -0.1) is 15.3 Å². The lowest BCUT2D eigenvalue weighted by atomic mass is 9.85. The van der Waals surface area contributed by atoms with Crippen molar-refractivity contribution in [2.45, 2.75) is 96.4 Å². The number of likely N-dealkylation sites (N-methyl/N-ethyl adjacent to an activating group) is 1. The van der Waals surface area contributed by atoms with E-state index < -0.39 is 11.4 Å². The Morgan fingerprint density at radius 2 is 1.73 bits per heavy atom. The van der Waals surface area contributed by atoms with Gasteiger partial charge in [-0.05, 0) is 83.3 Å². The minimum Gasteiger partial charge on any atom is -0.491 e. The van der Waals surface area contributed by atoms with Crippen LogP contribution in [-0.2, 0) is 15.0 Å². The van der Waals surface area contributed by atoms with Crippen LogP contribution in [0.4, 0.5) is 16.6 Å². The van der Waals surface area contributed by atoms with E-state index in [2.05, 4.69) is 39.2 Å². The third-order valence-electron chi connectivity index (χ3n) is 10.5. The molecule has 56 heavy (non-hydrogen) atoms. The highest BCUT2D eigenvalue weighted by molar-refractivity contribution is 5.90. The van der Waals surface area contributed by atoms with E-state index in [1.165, 1.54) is 6.42 Å². The van der Waals surface area contributed by atoms with Gasteiger partial charge < -0.3 is 29.4 Å². The first kappa shape index (κ1) is 38.6. The summed E-state index contributed by atoms with van der Waals surface area (Å²) in [5.74, 6) is 2.30. The molecule has 4 atom stereocenters. The smallest absolute Gasteiger partial charge is 0.357 e. The number of nitrogens with one attached hydrogen (secondary N) is 1. The molecule has 0 unspecified atom stereocenters. The maximum Gasteiger partial charge on any atom is 0.357 e. The van der Waals surface area contributed by atoms with Crippen LogP contribution in [0.1, 0.15) is 95.7 Å². The summed E-state index contributed by atoms with van der Waals surface area (Å²) in [6.45, 7) is 12.0. The van der Waals surface area contributed by atoms with Crippen LogP contribution < -0.4 is 24.8 Å². The van der Waals surface area contributed by atoms with Crippen LogP contribution in [0.25, 0.3) is 11.3 Å². The lowest BCUT2D eigenvalue weighted by Gasteiger charge is -2.39. The molecule has 1 aliphatic carbocycles. The Morgan fingerprint density at radius 3 is 2.46 bits per heavy atom. The zero-order chi connectivity index (χ0) is 39.6. The second-order valence-electron chi connectivity index (χ2n) is 16.0. The van der Waals surface area contributed by atoms with Crippen LogP contribution in [0.2, 0.25) is 0 Å². The number of carbonyl (C=O) groups excluding carboxylic acids is 2. The summed E-state index contributed by atoms with van der Waals surface area (Å²) < 4.78 is 16.2. The maximum atomic E-state index is 14.2. The van der Waals surface area contributed by atoms with Crippen molar-refractivity contribution in [3.63, 3.8) is 0 Å². The number of ether oxygens (including phenoxy) is 2. The molecular weight excluding hydrogens is 713 g/mol. The molecule has 1 fully saturated rings. The maximum absolute atomic E-state index is 14.2. The van der Waals surface area contributed by atoms with Gasteiger partial charge in [0, 0.05) is 36.2 Å². The first-order valence-electron chi connectivity index (χ1n) is 19.3. The molecular formula is C41H52N10O5. The van der Waals surface area contributed by atoms with Crippen LogP contribution in [0.3, 0.4) is 0 Å². The van der Waals surface area contributed by atoms with Gasteiger partial charge in [0.25, 0.3) is 0 Å². The lowest BCUT2D eigenvalue weighted by molar-refractivity contribution is -0.129. The molecule has 0 saturated carbocycles. The third-order valence-corrected chi connectivity index (χ3v) is 10.5. The quantitative estimate of drug-likeness (QED) is 0.109. The minimum atomic E-state index is -0.629. The normalized spacial score (nSPS) is 19.8. The SMILES string of the molecule is C[C@@H]1CCC[C@H](C)N1c1nnc2ccc(O[C@@H]3CC[C@H](NC(=O)N(OC=O)c4cc(C(C)(C)C)nn4-c4cncc(OCCN(C)C)c4)c4ccccc43)cn12. The van der Waals surface area contributed by atoms with Crippen LogP contribution >= 0.6 is 0 Å². The predicted molar refractivity (Wildman–Crippen MR) is 212 cm³/mol. The van der Waals surface area contributed by atoms with Crippen molar-refractivity contribution in [1.82, 2.24) is 39.6 Å². The van der Waals surface area contributed by atoms with E-state index in [0.717, 1.165) is 47.2 Å². The Bertz CT molecular complexity index is 2150. The van der Waals surface area contributed by atoms with E-state index in [0.29, 0.717) is 54.4 Å². The highest BCUT2D eigenvalue weighted by Gasteiger charge is 2.34. The Labute approximate surface area is 327 Å². The van der Waals surface area contributed by atoms with Crippen molar-refractivity contribution in [2.75, 3.05) is 37.2 Å². The number of benzene rings is 1. The summed E-state index contributed by atoms with van der Waals surface area (Å²) in [7, 11) is 3.94. The standard InChI is InChI=1S/C41H52N10O5/c1-27-11-10-12-28(2)49(27)39-45-44-37-18-15-30(25-48(37)39)56-35-17-16-34(32-13-8-9-14-33(32)35)43-40(53)51(55-26-52)38-22-36(41(3,4)5)46-50(38)29-21-31(24-42-23-29)54-20-19-47(6)7/h8-9,13-15,18,21-28,34-35H,10-12,16-17,19-20H2,1-7H3,(H,43,53)/t27-,28+,34-,35+/m0/s1. The molecule has 1 aromatic carbocycles. The zero-order valence-electron chi connectivity index (χ0n) is 33.3.